The molecular weight excluding hydrogens is 454 g/mol. The molecule has 0 radical (unpaired) electrons. The highest BCUT2D eigenvalue weighted by molar-refractivity contribution is 6.05. The van der Waals surface area contributed by atoms with Crippen molar-refractivity contribution in [3.8, 4) is 0 Å². The number of benzene rings is 1. The summed E-state index contributed by atoms with van der Waals surface area (Å²) in [6.07, 6.45) is 3.75. The predicted octanol–water partition coefficient (Wildman–Crippen LogP) is 3.88. The largest absolute Gasteiger partial charge is 0.384 e. The molecule has 1 spiro atoms. The molecule has 11 atom stereocenters. The number of hydrogen-bond acceptors (Lipinski definition) is 5. The molecule has 2 bridgehead atoms. The SMILES string of the molecule is CC1=C[C@@]2(O)[C@@H]3[C@H](C[C@]24C(=O)N(C)C(=O)[C@@H](c2ccccc2)[C@@H]4[C@@H]1C)[C@]1(O)O[C@@]3(C)C[C@H](C)C[C@@H]1C. The summed E-state index contributed by atoms with van der Waals surface area (Å²) in [6, 6.07) is 9.68. The third-order valence-electron chi connectivity index (χ3n) is 11.0. The molecule has 5 aliphatic rings. The molecule has 194 valence electrons. The number of likely N-dealkylation sites (tertiary alicyclic amines) is 1. The molecule has 1 aromatic carbocycles. The van der Waals surface area contributed by atoms with Crippen molar-refractivity contribution in [1.82, 2.24) is 4.90 Å². The fraction of sp³-hybridized carbons (Fsp3) is 0.667. The zero-order chi connectivity index (χ0) is 26.0. The average Bonchev–Trinajstić information content (AvgIpc) is 3.19. The van der Waals surface area contributed by atoms with E-state index in [0.717, 1.165) is 17.6 Å². The van der Waals surface area contributed by atoms with Gasteiger partial charge in [0.2, 0.25) is 11.8 Å². The third kappa shape index (κ3) is 2.63. The summed E-state index contributed by atoms with van der Waals surface area (Å²) in [6.45, 7) is 10.3. The van der Waals surface area contributed by atoms with Crippen LogP contribution in [0.4, 0.5) is 0 Å². The van der Waals surface area contributed by atoms with Crippen LogP contribution < -0.4 is 0 Å². The van der Waals surface area contributed by atoms with Crippen LogP contribution in [0.5, 0.6) is 0 Å². The lowest BCUT2D eigenvalue weighted by Gasteiger charge is -2.59. The first-order valence-corrected chi connectivity index (χ1v) is 13.5. The van der Waals surface area contributed by atoms with Crippen LogP contribution in [0, 0.1) is 40.9 Å². The standard InChI is InChI=1S/C30H39NO5/c1-16-12-18(3)30(35)21-15-28-23(22(20-10-8-7-9-11-20)25(32)31(6)26(28)33)19(4)17(2)14-29(28,34)24(21)27(5,13-16)36-30/h7-11,14,16,18-19,21-24,34-35H,12-13,15H2,1-6H3/t16-,18+,19-,21+,22+,23+,24-,27+,28+,29-,30-/m1/s1. The highest BCUT2D eigenvalue weighted by Gasteiger charge is 2.83. The van der Waals surface area contributed by atoms with Gasteiger partial charge in [-0.15, -0.1) is 0 Å². The number of ether oxygens (including phenoxy) is 1. The minimum Gasteiger partial charge on any atom is -0.384 e. The number of allylic oxidation sites excluding steroid dienone is 1. The maximum absolute atomic E-state index is 14.4. The average molecular weight is 494 g/mol. The summed E-state index contributed by atoms with van der Waals surface area (Å²) in [7, 11) is 1.56. The van der Waals surface area contributed by atoms with Crippen LogP contribution in [0.1, 0.15) is 65.4 Å². The van der Waals surface area contributed by atoms with Gasteiger partial charge in [0.25, 0.3) is 0 Å². The lowest BCUT2D eigenvalue weighted by molar-refractivity contribution is -0.266. The molecule has 2 N–H and O–H groups in total. The Morgan fingerprint density at radius 1 is 1.06 bits per heavy atom. The van der Waals surface area contributed by atoms with Crippen molar-refractivity contribution in [2.75, 3.05) is 7.05 Å². The lowest BCUT2D eigenvalue weighted by atomic mass is 9.48. The first-order chi connectivity index (χ1) is 16.8. The number of hydrogen-bond donors (Lipinski definition) is 2. The summed E-state index contributed by atoms with van der Waals surface area (Å²) in [4.78, 5) is 29.4. The van der Waals surface area contributed by atoms with Crippen molar-refractivity contribution in [2.24, 2.45) is 40.9 Å². The summed E-state index contributed by atoms with van der Waals surface area (Å²) >= 11 is 0. The van der Waals surface area contributed by atoms with Gasteiger partial charge in [-0.25, -0.2) is 0 Å². The number of rotatable bonds is 1. The molecule has 0 aromatic heterocycles. The van der Waals surface area contributed by atoms with Gasteiger partial charge < -0.3 is 14.9 Å². The quantitative estimate of drug-likeness (QED) is 0.458. The van der Waals surface area contributed by atoms with E-state index < -0.39 is 46.1 Å². The Kier molecular flexibility index (Phi) is 4.93. The maximum Gasteiger partial charge on any atom is 0.238 e. The number of likely N-dealkylation sites (N-methyl/N-ethyl adjacent to an activating group) is 1. The molecule has 36 heavy (non-hydrogen) atoms. The second-order valence-corrected chi connectivity index (χ2v) is 13.0. The summed E-state index contributed by atoms with van der Waals surface area (Å²) in [5.74, 6) is -3.70. The number of carbonyl (C=O) groups is 2. The molecule has 6 heteroatoms. The lowest BCUT2D eigenvalue weighted by Crippen LogP contribution is -2.70. The van der Waals surface area contributed by atoms with Gasteiger partial charge in [-0.2, -0.15) is 0 Å². The van der Waals surface area contributed by atoms with E-state index in [1.807, 2.05) is 57.2 Å². The van der Waals surface area contributed by atoms with Crippen molar-refractivity contribution in [3.05, 3.63) is 47.5 Å². The zero-order valence-electron chi connectivity index (χ0n) is 22.2. The molecule has 6 rings (SSSR count). The number of amides is 2. The van der Waals surface area contributed by atoms with E-state index >= 15 is 0 Å². The summed E-state index contributed by atoms with van der Waals surface area (Å²) in [5, 5.41) is 25.1. The van der Waals surface area contributed by atoms with E-state index in [1.54, 1.807) is 7.05 Å². The Balaban J connectivity index is 1.63. The Hall–Kier alpha value is -2.02. The van der Waals surface area contributed by atoms with Crippen LogP contribution in [0.2, 0.25) is 0 Å². The molecule has 3 aliphatic heterocycles. The van der Waals surface area contributed by atoms with Crippen LogP contribution in [-0.4, -0.2) is 51.0 Å². The van der Waals surface area contributed by atoms with Gasteiger partial charge in [0.05, 0.1) is 16.9 Å². The Labute approximate surface area is 213 Å². The van der Waals surface area contributed by atoms with Crippen molar-refractivity contribution >= 4 is 11.8 Å². The van der Waals surface area contributed by atoms with Gasteiger partial charge in [0.15, 0.2) is 5.79 Å². The van der Waals surface area contributed by atoms with Crippen LogP contribution >= 0.6 is 0 Å². The third-order valence-corrected chi connectivity index (χ3v) is 11.0. The number of carbonyl (C=O) groups excluding carboxylic acids is 2. The number of nitrogens with zero attached hydrogens (tertiary/aromatic N) is 1. The van der Waals surface area contributed by atoms with Gasteiger partial charge in [0.1, 0.15) is 5.60 Å². The number of piperidine rings is 1. The van der Waals surface area contributed by atoms with Gasteiger partial charge in [-0.1, -0.05) is 62.8 Å². The first-order valence-electron chi connectivity index (χ1n) is 13.5. The molecule has 2 amide bonds. The van der Waals surface area contributed by atoms with Crippen molar-refractivity contribution in [2.45, 2.75) is 76.8 Å². The number of aliphatic hydroxyl groups is 2. The van der Waals surface area contributed by atoms with Crippen molar-refractivity contribution < 1.29 is 24.5 Å². The fourth-order valence-electron chi connectivity index (χ4n) is 9.74. The second-order valence-electron chi connectivity index (χ2n) is 13.0. The molecular formula is C30H39NO5. The zero-order valence-corrected chi connectivity index (χ0v) is 22.2. The van der Waals surface area contributed by atoms with E-state index in [2.05, 4.69) is 13.8 Å². The predicted molar refractivity (Wildman–Crippen MR) is 134 cm³/mol. The smallest absolute Gasteiger partial charge is 0.238 e. The fourth-order valence-corrected chi connectivity index (χ4v) is 9.74. The Bertz CT molecular complexity index is 1170. The van der Waals surface area contributed by atoms with Crippen LogP contribution in [-0.2, 0) is 14.3 Å². The molecule has 3 heterocycles. The molecule has 2 aliphatic carbocycles. The van der Waals surface area contributed by atoms with Crippen LogP contribution in [0.15, 0.2) is 42.0 Å². The van der Waals surface area contributed by atoms with Gasteiger partial charge >= 0.3 is 0 Å². The molecule has 1 aromatic rings. The second kappa shape index (κ2) is 7.30. The highest BCUT2D eigenvalue weighted by Crippen LogP contribution is 2.74. The molecule has 0 unspecified atom stereocenters. The topological polar surface area (TPSA) is 87.1 Å². The molecule has 6 nitrogen and oxygen atoms in total. The minimum atomic E-state index is -1.53. The molecule has 3 saturated heterocycles. The maximum atomic E-state index is 14.4. The number of fused-ring (bicyclic) bond motifs is 6. The normalized spacial score (nSPS) is 51.8. The van der Waals surface area contributed by atoms with Gasteiger partial charge in [0, 0.05) is 24.8 Å². The minimum absolute atomic E-state index is 0.0855. The molecule has 4 fully saturated rings. The van der Waals surface area contributed by atoms with Crippen molar-refractivity contribution in [1.29, 1.82) is 0 Å². The highest BCUT2D eigenvalue weighted by atomic mass is 16.7. The van der Waals surface area contributed by atoms with Crippen LogP contribution in [0.3, 0.4) is 0 Å². The van der Waals surface area contributed by atoms with Crippen molar-refractivity contribution in [3.63, 3.8) is 0 Å². The van der Waals surface area contributed by atoms with E-state index in [0.29, 0.717) is 18.8 Å². The monoisotopic (exact) mass is 493 g/mol. The summed E-state index contributed by atoms with van der Waals surface area (Å²) < 4.78 is 6.57. The van der Waals surface area contributed by atoms with Crippen LogP contribution in [0.25, 0.3) is 0 Å². The molecule has 1 saturated carbocycles. The summed E-state index contributed by atoms with van der Waals surface area (Å²) in [5.41, 5.74) is -1.69. The van der Waals surface area contributed by atoms with Gasteiger partial charge in [-0.3, -0.25) is 14.5 Å². The van der Waals surface area contributed by atoms with E-state index in [9.17, 15) is 19.8 Å². The Morgan fingerprint density at radius 2 is 1.72 bits per heavy atom. The van der Waals surface area contributed by atoms with E-state index in [-0.39, 0.29) is 23.7 Å². The Morgan fingerprint density at radius 3 is 2.39 bits per heavy atom. The van der Waals surface area contributed by atoms with E-state index in [1.165, 1.54) is 4.90 Å². The first kappa shape index (κ1) is 24.3. The number of imide groups is 1. The van der Waals surface area contributed by atoms with Gasteiger partial charge in [-0.05, 0) is 56.4 Å². The van der Waals surface area contributed by atoms with E-state index in [4.69, 9.17) is 4.74 Å².